The number of nitrogens with two attached hydrogens (primary N) is 1. The van der Waals surface area contributed by atoms with Crippen molar-refractivity contribution in [3.63, 3.8) is 0 Å². The average molecular weight is 485 g/mol. The largest absolute Gasteiger partial charge is 0.493 e. The third kappa shape index (κ3) is 5.13. The van der Waals surface area contributed by atoms with E-state index in [4.69, 9.17) is 15.2 Å². The Morgan fingerprint density at radius 3 is 2.96 bits per heavy atom. The zero-order valence-electron chi connectivity index (χ0n) is 16.1. The van der Waals surface area contributed by atoms with Crippen LogP contribution in [0.15, 0.2) is 29.3 Å². The molecule has 1 aromatic carbocycles. The maximum atomic E-state index is 6.15. The summed E-state index contributed by atoms with van der Waals surface area (Å²) in [6.07, 6.45) is 0.861. The fourth-order valence-corrected chi connectivity index (χ4v) is 3.24. The van der Waals surface area contributed by atoms with Crippen LogP contribution in [0.25, 0.3) is 0 Å². The fraction of sp³-hybridized carbons (Fsp3) is 0.474. The number of aryl methyl sites for hydroxylation is 1. The first-order valence-corrected chi connectivity index (χ1v) is 8.90. The first-order chi connectivity index (χ1) is 12.6. The minimum absolute atomic E-state index is 0. The molecule has 1 atom stereocenters. The van der Waals surface area contributed by atoms with Gasteiger partial charge in [-0.1, -0.05) is 18.2 Å². The van der Waals surface area contributed by atoms with Gasteiger partial charge in [-0.3, -0.25) is 4.68 Å². The second-order valence-electron chi connectivity index (χ2n) is 6.44. The van der Waals surface area contributed by atoms with Crippen molar-refractivity contribution in [3.8, 4) is 5.75 Å². The number of aliphatic imine (C=N–C) groups is 1. The summed E-state index contributed by atoms with van der Waals surface area (Å²) in [5.41, 5.74) is 10.5. The van der Waals surface area contributed by atoms with Crippen molar-refractivity contribution in [2.75, 3.05) is 20.3 Å². The standard InChI is InChI=1S/C19H27N5O2.HI/c1-13-16(14(2)24(23-13)9-11-25-3)12-21-19(20)22-17-8-10-26-18-7-5-4-6-15(17)18;/h4-7,17H,8-12H2,1-3H3,(H3,20,21,22);1H. The van der Waals surface area contributed by atoms with Crippen LogP contribution in [0.5, 0.6) is 5.75 Å². The van der Waals surface area contributed by atoms with Crippen molar-refractivity contribution in [2.24, 2.45) is 10.7 Å². The van der Waals surface area contributed by atoms with Gasteiger partial charge in [-0.25, -0.2) is 4.99 Å². The lowest BCUT2D eigenvalue weighted by atomic mass is 10.0. The van der Waals surface area contributed by atoms with Crippen LogP contribution in [0, 0.1) is 13.8 Å². The summed E-state index contributed by atoms with van der Waals surface area (Å²) in [5.74, 6) is 1.35. The number of halogens is 1. The molecule has 0 amide bonds. The van der Waals surface area contributed by atoms with Crippen LogP contribution in [0.1, 0.15) is 35.0 Å². The van der Waals surface area contributed by atoms with Gasteiger partial charge in [0.05, 0.1) is 38.0 Å². The molecular weight excluding hydrogens is 457 g/mol. The lowest BCUT2D eigenvalue weighted by Gasteiger charge is -2.26. The molecule has 3 rings (SSSR count). The van der Waals surface area contributed by atoms with Crippen LogP contribution in [-0.4, -0.2) is 36.1 Å². The smallest absolute Gasteiger partial charge is 0.189 e. The lowest BCUT2D eigenvalue weighted by molar-refractivity contribution is 0.182. The zero-order chi connectivity index (χ0) is 18.5. The first-order valence-electron chi connectivity index (χ1n) is 8.90. The van der Waals surface area contributed by atoms with Crippen LogP contribution in [-0.2, 0) is 17.8 Å². The van der Waals surface area contributed by atoms with Gasteiger partial charge in [0.1, 0.15) is 5.75 Å². The number of guanidine groups is 1. The molecular formula is C19H28IN5O2. The van der Waals surface area contributed by atoms with E-state index in [1.807, 2.05) is 29.8 Å². The molecule has 0 bridgehead atoms. The highest BCUT2D eigenvalue weighted by molar-refractivity contribution is 14.0. The third-order valence-corrected chi connectivity index (χ3v) is 4.73. The second-order valence-corrected chi connectivity index (χ2v) is 6.44. The van der Waals surface area contributed by atoms with Gasteiger partial charge in [-0.05, 0) is 19.9 Å². The van der Waals surface area contributed by atoms with E-state index in [1.54, 1.807) is 7.11 Å². The quantitative estimate of drug-likeness (QED) is 0.374. The van der Waals surface area contributed by atoms with E-state index in [9.17, 15) is 0 Å². The average Bonchev–Trinajstić information content (AvgIpc) is 2.92. The van der Waals surface area contributed by atoms with E-state index in [0.29, 0.717) is 25.7 Å². The Bertz CT molecular complexity index is 790. The monoisotopic (exact) mass is 485 g/mol. The number of nitrogens with zero attached hydrogens (tertiary/aromatic N) is 3. The van der Waals surface area contributed by atoms with Crippen molar-refractivity contribution in [1.29, 1.82) is 0 Å². The number of benzene rings is 1. The zero-order valence-corrected chi connectivity index (χ0v) is 18.4. The van der Waals surface area contributed by atoms with Gasteiger partial charge >= 0.3 is 0 Å². The van der Waals surface area contributed by atoms with Gasteiger partial charge in [0, 0.05) is 30.4 Å². The molecule has 0 spiro atoms. The van der Waals surface area contributed by atoms with Gasteiger partial charge in [0.2, 0.25) is 0 Å². The number of rotatable bonds is 6. The molecule has 3 N–H and O–H groups in total. The Morgan fingerprint density at radius 1 is 1.41 bits per heavy atom. The number of nitrogens with one attached hydrogen (secondary N) is 1. The highest BCUT2D eigenvalue weighted by Gasteiger charge is 2.21. The summed E-state index contributed by atoms with van der Waals surface area (Å²) in [6.45, 7) is 6.61. The molecule has 0 saturated heterocycles. The molecule has 2 aromatic rings. The molecule has 0 radical (unpaired) electrons. The van der Waals surface area contributed by atoms with Gasteiger partial charge in [0.15, 0.2) is 5.96 Å². The Balaban J connectivity index is 0.00000261. The molecule has 0 saturated carbocycles. The number of hydrogen-bond donors (Lipinski definition) is 2. The molecule has 1 aliphatic heterocycles. The van der Waals surface area contributed by atoms with E-state index in [0.717, 1.165) is 41.2 Å². The summed E-state index contributed by atoms with van der Waals surface area (Å²) in [7, 11) is 1.69. The number of hydrogen-bond acceptors (Lipinski definition) is 4. The Morgan fingerprint density at radius 2 is 2.19 bits per heavy atom. The van der Waals surface area contributed by atoms with Crippen LogP contribution in [0.3, 0.4) is 0 Å². The molecule has 7 nitrogen and oxygen atoms in total. The van der Waals surface area contributed by atoms with Crippen LogP contribution in [0.4, 0.5) is 0 Å². The van der Waals surface area contributed by atoms with Crippen LogP contribution >= 0.6 is 24.0 Å². The highest BCUT2D eigenvalue weighted by atomic mass is 127. The molecule has 2 heterocycles. The minimum atomic E-state index is 0. The molecule has 0 aliphatic carbocycles. The van der Waals surface area contributed by atoms with E-state index in [2.05, 4.69) is 28.4 Å². The van der Waals surface area contributed by atoms with Gasteiger partial charge in [-0.2, -0.15) is 5.10 Å². The number of fused-ring (bicyclic) bond motifs is 1. The van der Waals surface area contributed by atoms with Crippen molar-refractivity contribution in [2.45, 2.75) is 39.4 Å². The molecule has 1 aliphatic rings. The van der Waals surface area contributed by atoms with Gasteiger partial charge < -0.3 is 20.5 Å². The SMILES string of the molecule is COCCn1nc(C)c(CN=C(N)NC2CCOc3ccccc32)c1C.I. The minimum Gasteiger partial charge on any atom is -0.493 e. The molecule has 8 heteroatoms. The number of ether oxygens (including phenoxy) is 2. The van der Waals surface area contributed by atoms with Crippen LogP contribution < -0.4 is 15.8 Å². The Kier molecular flexibility index (Phi) is 7.91. The lowest BCUT2D eigenvalue weighted by Crippen LogP contribution is -2.37. The second kappa shape index (κ2) is 9.93. The summed E-state index contributed by atoms with van der Waals surface area (Å²) in [5, 5.41) is 7.89. The topological polar surface area (TPSA) is 86.7 Å². The number of aromatic nitrogens is 2. The highest BCUT2D eigenvalue weighted by Crippen LogP contribution is 2.31. The van der Waals surface area contributed by atoms with E-state index in [-0.39, 0.29) is 30.0 Å². The van der Waals surface area contributed by atoms with E-state index in [1.165, 1.54) is 0 Å². The number of para-hydroxylation sites is 1. The predicted molar refractivity (Wildman–Crippen MR) is 117 cm³/mol. The van der Waals surface area contributed by atoms with Crippen molar-refractivity contribution in [3.05, 3.63) is 46.8 Å². The molecule has 1 unspecified atom stereocenters. The molecule has 27 heavy (non-hydrogen) atoms. The predicted octanol–water partition coefficient (Wildman–Crippen LogP) is 2.69. The Labute approximate surface area is 177 Å². The normalized spacial score (nSPS) is 16.3. The van der Waals surface area contributed by atoms with Crippen molar-refractivity contribution >= 4 is 29.9 Å². The maximum Gasteiger partial charge on any atom is 0.189 e. The summed E-state index contributed by atoms with van der Waals surface area (Å²) in [4.78, 5) is 4.53. The van der Waals surface area contributed by atoms with E-state index >= 15 is 0 Å². The molecule has 148 valence electrons. The molecule has 1 aromatic heterocycles. The van der Waals surface area contributed by atoms with Gasteiger partial charge in [0.25, 0.3) is 0 Å². The summed E-state index contributed by atoms with van der Waals surface area (Å²) < 4.78 is 12.8. The molecule has 0 fully saturated rings. The third-order valence-electron chi connectivity index (χ3n) is 4.73. The van der Waals surface area contributed by atoms with Gasteiger partial charge in [-0.15, -0.1) is 24.0 Å². The fourth-order valence-electron chi connectivity index (χ4n) is 3.24. The van der Waals surface area contributed by atoms with Crippen molar-refractivity contribution in [1.82, 2.24) is 15.1 Å². The number of methoxy groups -OCH3 is 1. The first kappa shape index (κ1) is 21.5. The van der Waals surface area contributed by atoms with E-state index < -0.39 is 0 Å². The van der Waals surface area contributed by atoms with Crippen LogP contribution in [0.2, 0.25) is 0 Å². The summed E-state index contributed by atoms with van der Waals surface area (Å²) in [6, 6.07) is 8.16. The Hall–Kier alpha value is -1.81. The summed E-state index contributed by atoms with van der Waals surface area (Å²) >= 11 is 0. The van der Waals surface area contributed by atoms with Crippen molar-refractivity contribution < 1.29 is 9.47 Å². The maximum absolute atomic E-state index is 6.15.